The lowest BCUT2D eigenvalue weighted by Crippen LogP contribution is -2.50. The van der Waals surface area contributed by atoms with Gasteiger partial charge < -0.3 is 14.6 Å². The zero-order valence-electron chi connectivity index (χ0n) is 15.8. The van der Waals surface area contributed by atoms with E-state index in [0.29, 0.717) is 18.4 Å². The molecule has 1 aliphatic heterocycles. The number of nitrogens with zero attached hydrogens (tertiary/aromatic N) is 1. The molecule has 4 heteroatoms. The van der Waals surface area contributed by atoms with Gasteiger partial charge in [-0.15, -0.1) is 0 Å². The van der Waals surface area contributed by atoms with Crippen LogP contribution in [0.25, 0.3) is 0 Å². The Hall–Kier alpha value is -1.10. The van der Waals surface area contributed by atoms with E-state index in [1.54, 1.807) is 14.2 Å². The van der Waals surface area contributed by atoms with Crippen LogP contribution in [-0.4, -0.2) is 42.9 Å². The normalized spacial score (nSPS) is 25.2. The highest BCUT2D eigenvalue weighted by Crippen LogP contribution is 2.33. The highest BCUT2D eigenvalue weighted by molar-refractivity contribution is 5.37. The van der Waals surface area contributed by atoms with Crippen molar-refractivity contribution in [3.05, 3.63) is 29.3 Å². The zero-order valence-corrected chi connectivity index (χ0v) is 15.8. The molecule has 1 aromatic rings. The molecule has 1 N–H and O–H groups in total. The summed E-state index contributed by atoms with van der Waals surface area (Å²) in [5, 5.41) is 10.7. The van der Waals surface area contributed by atoms with Crippen LogP contribution in [0.4, 0.5) is 0 Å². The molecule has 2 atom stereocenters. The van der Waals surface area contributed by atoms with Gasteiger partial charge in [-0.05, 0) is 43.4 Å². The van der Waals surface area contributed by atoms with E-state index in [2.05, 4.69) is 30.9 Å². The summed E-state index contributed by atoms with van der Waals surface area (Å²) in [6.07, 6.45) is 1.91. The number of ether oxygens (including phenoxy) is 2. The molecule has 0 aromatic heterocycles. The van der Waals surface area contributed by atoms with Crippen LogP contribution < -0.4 is 4.74 Å². The van der Waals surface area contributed by atoms with Crippen LogP contribution >= 0.6 is 0 Å². The average molecular weight is 335 g/mol. The molecule has 1 fully saturated rings. The molecule has 0 unspecified atom stereocenters. The Morgan fingerprint density at radius 2 is 2.08 bits per heavy atom. The number of aliphatic hydroxyl groups is 1. The van der Waals surface area contributed by atoms with Gasteiger partial charge in [0, 0.05) is 38.2 Å². The molecular weight excluding hydrogens is 302 g/mol. The van der Waals surface area contributed by atoms with Gasteiger partial charge >= 0.3 is 0 Å². The van der Waals surface area contributed by atoms with Crippen molar-refractivity contribution in [1.82, 2.24) is 4.90 Å². The fourth-order valence-electron chi connectivity index (χ4n) is 3.69. The van der Waals surface area contributed by atoms with Gasteiger partial charge in [-0.3, -0.25) is 4.90 Å². The lowest BCUT2D eigenvalue weighted by molar-refractivity contribution is -0.0664. The summed E-state index contributed by atoms with van der Waals surface area (Å²) in [6.45, 7) is 9.82. The summed E-state index contributed by atoms with van der Waals surface area (Å²) in [5.74, 6) is 1.82. The Balaban J connectivity index is 2.06. The first-order valence-corrected chi connectivity index (χ1v) is 8.95. The van der Waals surface area contributed by atoms with Crippen LogP contribution in [-0.2, 0) is 17.9 Å². The van der Waals surface area contributed by atoms with Crippen LogP contribution in [0.3, 0.4) is 0 Å². The van der Waals surface area contributed by atoms with Gasteiger partial charge in [0.1, 0.15) is 5.75 Å². The Labute approximate surface area is 146 Å². The van der Waals surface area contributed by atoms with E-state index < -0.39 is 5.60 Å². The zero-order chi connectivity index (χ0) is 17.7. The van der Waals surface area contributed by atoms with E-state index in [0.717, 1.165) is 43.8 Å². The van der Waals surface area contributed by atoms with Gasteiger partial charge in [0.2, 0.25) is 0 Å². The van der Waals surface area contributed by atoms with Gasteiger partial charge in [0.05, 0.1) is 19.3 Å². The van der Waals surface area contributed by atoms with Crippen molar-refractivity contribution in [1.29, 1.82) is 0 Å². The van der Waals surface area contributed by atoms with Crippen LogP contribution in [0, 0.1) is 11.8 Å². The number of likely N-dealkylation sites (tertiary alicyclic amines) is 1. The van der Waals surface area contributed by atoms with Crippen molar-refractivity contribution in [2.45, 2.75) is 52.4 Å². The van der Waals surface area contributed by atoms with Crippen molar-refractivity contribution in [2.24, 2.45) is 11.8 Å². The highest BCUT2D eigenvalue weighted by Gasteiger charge is 2.37. The highest BCUT2D eigenvalue weighted by atomic mass is 16.5. The maximum absolute atomic E-state index is 10.7. The van der Waals surface area contributed by atoms with Crippen molar-refractivity contribution >= 4 is 0 Å². The Morgan fingerprint density at radius 3 is 2.71 bits per heavy atom. The second-order valence-electron chi connectivity index (χ2n) is 7.75. The van der Waals surface area contributed by atoms with Crippen LogP contribution in [0.15, 0.2) is 18.2 Å². The molecule has 1 aliphatic rings. The molecule has 136 valence electrons. The molecule has 0 saturated carbocycles. The first kappa shape index (κ1) is 19.2. The van der Waals surface area contributed by atoms with E-state index in [4.69, 9.17) is 9.47 Å². The number of rotatable bonds is 7. The summed E-state index contributed by atoms with van der Waals surface area (Å²) >= 11 is 0. The number of piperidine rings is 1. The SMILES string of the molecule is COCc1cc(CN2CC[C@@](C)(O)[C@@H](CC(C)C)C2)ccc1OC. The van der Waals surface area contributed by atoms with Gasteiger partial charge in [0.25, 0.3) is 0 Å². The quantitative estimate of drug-likeness (QED) is 0.828. The van der Waals surface area contributed by atoms with Gasteiger partial charge in [-0.1, -0.05) is 19.9 Å². The van der Waals surface area contributed by atoms with Gasteiger partial charge in [-0.25, -0.2) is 0 Å². The molecule has 0 bridgehead atoms. The largest absolute Gasteiger partial charge is 0.496 e. The molecule has 24 heavy (non-hydrogen) atoms. The Morgan fingerprint density at radius 1 is 1.33 bits per heavy atom. The summed E-state index contributed by atoms with van der Waals surface area (Å²) in [7, 11) is 3.40. The minimum Gasteiger partial charge on any atom is -0.496 e. The first-order chi connectivity index (χ1) is 11.4. The van der Waals surface area contributed by atoms with Crippen molar-refractivity contribution < 1.29 is 14.6 Å². The second kappa shape index (κ2) is 8.32. The molecule has 1 heterocycles. The average Bonchev–Trinajstić information content (AvgIpc) is 2.51. The van der Waals surface area contributed by atoms with E-state index in [1.165, 1.54) is 5.56 Å². The van der Waals surface area contributed by atoms with Gasteiger partial charge in [-0.2, -0.15) is 0 Å². The number of benzene rings is 1. The minimum absolute atomic E-state index is 0.336. The fourth-order valence-corrected chi connectivity index (χ4v) is 3.69. The maximum Gasteiger partial charge on any atom is 0.124 e. The lowest BCUT2D eigenvalue weighted by atomic mass is 9.78. The molecule has 0 spiro atoms. The maximum atomic E-state index is 10.7. The summed E-state index contributed by atoms with van der Waals surface area (Å²) in [5.41, 5.74) is 1.81. The summed E-state index contributed by atoms with van der Waals surface area (Å²) in [6, 6.07) is 6.32. The topological polar surface area (TPSA) is 41.9 Å². The van der Waals surface area contributed by atoms with Crippen LogP contribution in [0.1, 0.15) is 44.7 Å². The fraction of sp³-hybridized carbons (Fsp3) is 0.700. The molecule has 0 aliphatic carbocycles. The Kier molecular flexibility index (Phi) is 6.67. The smallest absolute Gasteiger partial charge is 0.124 e. The predicted molar refractivity (Wildman–Crippen MR) is 97.2 cm³/mol. The molecule has 1 saturated heterocycles. The monoisotopic (exact) mass is 335 g/mol. The third kappa shape index (κ3) is 4.95. The molecule has 4 nitrogen and oxygen atoms in total. The summed E-state index contributed by atoms with van der Waals surface area (Å²) < 4.78 is 10.7. The van der Waals surface area contributed by atoms with Crippen molar-refractivity contribution in [3.8, 4) is 5.75 Å². The minimum atomic E-state index is -0.540. The standard InChI is InChI=1S/C20H33NO3/c1-15(2)10-18-13-21(9-8-20(18,3)22)12-16-6-7-19(24-5)17(11-16)14-23-4/h6-7,11,15,18,22H,8-10,12-14H2,1-5H3/t18-,20+/m0/s1. The van der Waals surface area contributed by atoms with E-state index in [-0.39, 0.29) is 0 Å². The molecule has 1 aromatic carbocycles. The third-order valence-electron chi connectivity index (χ3n) is 5.10. The molecule has 0 radical (unpaired) electrons. The van der Waals surface area contributed by atoms with E-state index in [1.807, 2.05) is 13.0 Å². The van der Waals surface area contributed by atoms with Crippen LogP contribution in [0.5, 0.6) is 5.75 Å². The predicted octanol–water partition coefficient (Wildman–Crippen LogP) is 3.46. The summed E-state index contributed by atoms with van der Waals surface area (Å²) in [4.78, 5) is 2.46. The van der Waals surface area contributed by atoms with E-state index >= 15 is 0 Å². The number of hydrogen-bond donors (Lipinski definition) is 1. The number of hydrogen-bond acceptors (Lipinski definition) is 4. The molecular formula is C20H33NO3. The van der Waals surface area contributed by atoms with Gasteiger partial charge in [0.15, 0.2) is 0 Å². The Bertz CT molecular complexity index is 528. The van der Waals surface area contributed by atoms with Crippen molar-refractivity contribution in [2.75, 3.05) is 27.3 Å². The number of methoxy groups -OCH3 is 2. The molecule has 0 amide bonds. The van der Waals surface area contributed by atoms with E-state index in [9.17, 15) is 5.11 Å². The molecule has 2 rings (SSSR count). The van der Waals surface area contributed by atoms with Crippen LogP contribution in [0.2, 0.25) is 0 Å². The lowest BCUT2D eigenvalue weighted by Gasteiger charge is -2.43. The third-order valence-corrected chi connectivity index (χ3v) is 5.10. The first-order valence-electron chi connectivity index (χ1n) is 8.95. The van der Waals surface area contributed by atoms with Crippen molar-refractivity contribution in [3.63, 3.8) is 0 Å². The second-order valence-corrected chi connectivity index (χ2v) is 7.75.